The Hall–Kier alpha value is -1.79. The minimum absolute atomic E-state index is 0.0817. The molecule has 0 radical (unpaired) electrons. The van der Waals surface area contributed by atoms with E-state index in [9.17, 15) is 14.4 Å². The molecule has 1 N–H and O–H groups in total. The molecule has 1 aliphatic heterocycles. The average Bonchev–Trinajstić information content (AvgIpc) is 2.69. The predicted molar refractivity (Wildman–Crippen MR) is 85.0 cm³/mol. The van der Waals surface area contributed by atoms with Crippen LogP contribution in [-0.4, -0.2) is 65.2 Å². The van der Waals surface area contributed by atoms with Crippen molar-refractivity contribution in [1.82, 2.24) is 9.80 Å². The molecule has 0 aromatic carbocycles. The minimum Gasteiger partial charge on any atom is -0.465 e. The van der Waals surface area contributed by atoms with Gasteiger partial charge in [0, 0.05) is 24.5 Å². The van der Waals surface area contributed by atoms with Gasteiger partial charge in [-0.25, -0.2) is 4.79 Å². The van der Waals surface area contributed by atoms with Gasteiger partial charge in [-0.05, 0) is 26.2 Å². The van der Waals surface area contributed by atoms with E-state index in [1.165, 1.54) is 4.90 Å². The van der Waals surface area contributed by atoms with Gasteiger partial charge in [0.15, 0.2) is 0 Å². The Labute approximate surface area is 137 Å². The fourth-order valence-electron chi connectivity index (χ4n) is 2.72. The van der Waals surface area contributed by atoms with Crippen molar-refractivity contribution in [1.29, 1.82) is 0 Å². The lowest BCUT2D eigenvalue weighted by molar-refractivity contribution is -0.154. The highest BCUT2D eigenvalue weighted by Gasteiger charge is 2.34. The molecule has 0 saturated carbocycles. The molecule has 1 aliphatic rings. The summed E-state index contributed by atoms with van der Waals surface area (Å²) in [7, 11) is 0. The van der Waals surface area contributed by atoms with Crippen LogP contribution in [0.3, 0.4) is 0 Å². The minimum atomic E-state index is -0.940. The zero-order chi connectivity index (χ0) is 17.6. The van der Waals surface area contributed by atoms with Gasteiger partial charge in [-0.1, -0.05) is 20.8 Å². The van der Waals surface area contributed by atoms with Crippen LogP contribution in [0.4, 0.5) is 4.79 Å². The Bertz CT molecular complexity index is 444. The standard InChI is InChI=1S/C16H28N2O5/c1-5-23-13(19)11-18(14(20)16(2,3)4)12-7-6-9-17(10-8-12)15(21)22/h12H,5-11H2,1-4H3,(H,21,22). The van der Waals surface area contributed by atoms with Gasteiger partial charge in [-0.15, -0.1) is 0 Å². The first kappa shape index (κ1) is 19.3. The molecular weight excluding hydrogens is 300 g/mol. The third-order valence-corrected chi connectivity index (χ3v) is 3.92. The van der Waals surface area contributed by atoms with Gasteiger partial charge in [0.2, 0.25) is 5.91 Å². The molecule has 23 heavy (non-hydrogen) atoms. The normalized spacial score (nSPS) is 19.0. The van der Waals surface area contributed by atoms with Crippen LogP contribution in [0.1, 0.15) is 47.0 Å². The number of amides is 2. The van der Waals surface area contributed by atoms with Crippen molar-refractivity contribution in [2.45, 2.75) is 53.0 Å². The Morgan fingerprint density at radius 2 is 1.87 bits per heavy atom. The third kappa shape index (κ3) is 5.73. The van der Waals surface area contributed by atoms with Gasteiger partial charge >= 0.3 is 12.1 Å². The average molecular weight is 328 g/mol. The summed E-state index contributed by atoms with van der Waals surface area (Å²) in [5.74, 6) is -0.538. The van der Waals surface area contributed by atoms with Gasteiger partial charge in [0.05, 0.1) is 6.61 Å². The van der Waals surface area contributed by atoms with E-state index in [1.54, 1.807) is 11.8 Å². The molecule has 1 fully saturated rings. The second-order valence-corrected chi connectivity index (χ2v) is 6.84. The molecule has 0 spiro atoms. The number of carbonyl (C=O) groups excluding carboxylic acids is 2. The lowest BCUT2D eigenvalue weighted by Gasteiger charge is -2.35. The van der Waals surface area contributed by atoms with E-state index >= 15 is 0 Å². The molecule has 7 nitrogen and oxygen atoms in total. The van der Waals surface area contributed by atoms with Crippen molar-refractivity contribution in [3.8, 4) is 0 Å². The van der Waals surface area contributed by atoms with Gasteiger partial charge in [-0.3, -0.25) is 9.59 Å². The molecule has 2 amide bonds. The Kier molecular flexibility index (Phi) is 6.84. The van der Waals surface area contributed by atoms with Crippen LogP contribution in [0.5, 0.6) is 0 Å². The predicted octanol–water partition coefficient (Wildman–Crippen LogP) is 1.96. The second-order valence-electron chi connectivity index (χ2n) is 6.84. The molecule has 0 aromatic rings. The second kappa shape index (κ2) is 8.17. The molecule has 1 saturated heterocycles. The van der Waals surface area contributed by atoms with Crippen molar-refractivity contribution in [2.24, 2.45) is 5.41 Å². The van der Waals surface area contributed by atoms with E-state index in [1.807, 2.05) is 20.8 Å². The van der Waals surface area contributed by atoms with Gasteiger partial charge in [0.1, 0.15) is 6.54 Å². The molecule has 1 heterocycles. The van der Waals surface area contributed by atoms with Gasteiger partial charge in [0.25, 0.3) is 0 Å². The number of nitrogens with zero attached hydrogens (tertiary/aromatic N) is 2. The van der Waals surface area contributed by atoms with E-state index in [-0.39, 0.29) is 25.1 Å². The number of ether oxygens (including phenoxy) is 1. The Balaban J connectivity index is 2.88. The van der Waals surface area contributed by atoms with Crippen LogP contribution < -0.4 is 0 Å². The van der Waals surface area contributed by atoms with Crippen molar-refractivity contribution >= 4 is 18.0 Å². The monoisotopic (exact) mass is 328 g/mol. The summed E-state index contributed by atoms with van der Waals surface area (Å²) < 4.78 is 4.98. The van der Waals surface area contributed by atoms with Crippen molar-refractivity contribution in [3.05, 3.63) is 0 Å². The van der Waals surface area contributed by atoms with Crippen molar-refractivity contribution < 1.29 is 24.2 Å². The lowest BCUT2D eigenvalue weighted by atomic mass is 9.93. The molecule has 132 valence electrons. The number of carbonyl (C=O) groups is 3. The Morgan fingerprint density at radius 1 is 1.22 bits per heavy atom. The first-order valence-corrected chi connectivity index (χ1v) is 8.11. The van der Waals surface area contributed by atoms with Crippen molar-refractivity contribution in [3.63, 3.8) is 0 Å². The number of likely N-dealkylation sites (tertiary alicyclic amines) is 1. The fraction of sp³-hybridized carbons (Fsp3) is 0.812. The number of esters is 1. The number of rotatable bonds is 4. The fourth-order valence-corrected chi connectivity index (χ4v) is 2.72. The molecule has 0 bridgehead atoms. The van der Waals surface area contributed by atoms with Crippen LogP contribution >= 0.6 is 0 Å². The molecule has 0 aliphatic carbocycles. The van der Waals surface area contributed by atoms with Crippen LogP contribution in [0.25, 0.3) is 0 Å². The number of hydrogen-bond donors (Lipinski definition) is 1. The summed E-state index contributed by atoms with van der Waals surface area (Å²) in [4.78, 5) is 38.6. The smallest absolute Gasteiger partial charge is 0.407 e. The van der Waals surface area contributed by atoms with Crippen molar-refractivity contribution in [2.75, 3.05) is 26.2 Å². The zero-order valence-corrected chi connectivity index (χ0v) is 14.5. The largest absolute Gasteiger partial charge is 0.465 e. The highest BCUT2D eigenvalue weighted by atomic mass is 16.5. The van der Waals surface area contributed by atoms with E-state index in [2.05, 4.69) is 0 Å². The molecule has 1 unspecified atom stereocenters. The number of carboxylic acid groups (broad SMARTS) is 1. The molecule has 1 rings (SSSR count). The third-order valence-electron chi connectivity index (χ3n) is 3.92. The first-order valence-electron chi connectivity index (χ1n) is 8.11. The summed E-state index contributed by atoms with van der Waals surface area (Å²) in [5, 5.41) is 9.11. The van der Waals surface area contributed by atoms with Crippen LogP contribution in [0.2, 0.25) is 0 Å². The summed E-state index contributed by atoms with van der Waals surface area (Å²) >= 11 is 0. The maximum atomic E-state index is 12.7. The zero-order valence-electron chi connectivity index (χ0n) is 14.5. The Morgan fingerprint density at radius 3 is 2.39 bits per heavy atom. The first-order chi connectivity index (χ1) is 10.7. The topological polar surface area (TPSA) is 87.2 Å². The van der Waals surface area contributed by atoms with Crippen LogP contribution in [-0.2, 0) is 14.3 Å². The maximum absolute atomic E-state index is 12.7. The lowest BCUT2D eigenvalue weighted by Crippen LogP contribution is -2.49. The summed E-state index contributed by atoms with van der Waals surface area (Å²) in [6.07, 6.45) is 0.955. The quantitative estimate of drug-likeness (QED) is 0.797. The molecule has 1 atom stereocenters. The van der Waals surface area contributed by atoms with Crippen LogP contribution in [0, 0.1) is 5.41 Å². The van der Waals surface area contributed by atoms with E-state index in [0.29, 0.717) is 32.4 Å². The molecule has 0 aromatic heterocycles. The van der Waals surface area contributed by atoms with Gasteiger partial charge < -0.3 is 19.6 Å². The molecule has 7 heteroatoms. The van der Waals surface area contributed by atoms with E-state index in [4.69, 9.17) is 9.84 Å². The summed E-state index contributed by atoms with van der Waals surface area (Å²) in [5.41, 5.74) is -0.606. The van der Waals surface area contributed by atoms with E-state index < -0.39 is 17.5 Å². The SMILES string of the molecule is CCOC(=O)CN(C(=O)C(C)(C)C)C1CCCN(C(=O)O)CC1. The summed E-state index contributed by atoms with van der Waals surface area (Å²) in [6, 6.07) is -0.143. The maximum Gasteiger partial charge on any atom is 0.407 e. The van der Waals surface area contributed by atoms with Crippen LogP contribution in [0.15, 0.2) is 0 Å². The van der Waals surface area contributed by atoms with Gasteiger partial charge in [-0.2, -0.15) is 0 Å². The number of hydrogen-bond acceptors (Lipinski definition) is 4. The highest BCUT2D eigenvalue weighted by Crippen LogP contribution is 2.24. The molecular formula is C16H28N2O5. The van der Waals surface area contributed by atoms with E-state index in [0.717, 1.165) is 0 Å². The summed E-state index contributed by atoms with van der Waals surface area (Å²) in [6.45, 7) is 8.19. The highest BCUT2D eigenvalue weighted by molar-refractivity contribution is 5.85.